The number of rotatable bonds is 8. The summed E-state index contributed by atoms with van der Waals surface area (Å²) in [6.45, 7) is 7.71. The number of fused-ring (bicyclic) bond motifs is 1. The molecule has 1 heterocycles. The van der Waals surface area contributed by atoms with Crippen molar-refractivity contribution < 1.29 is 36.2 Å². The third kappa shape index (κ3) is 9.64. The third-order valence-electron chi connectivity index (χ3n) is 7.64. The van der Waals surface area contributed by atoms with E-state index in [-0.39, 0.29) is 47.9 Å². The molecule has 4 atom stereocenters. The van der Waals surface area contributed by atoms with Crippen molar-refractivity contribution in [2.24, 2.45) is 5.92 Å². The molecule has 3 rings (SSSR count). The Morgan fingerprint density at radius 1 is 1.09 bits per heavy atom. The highest BCUT2D eigenvalue weighted by atomic mass is 32.2. The summed E-state index contributed by atoms with van der Waals surface area (Å²) < 4.78 is 66.7. The zero-order valence-corrected chi connectivity index (χ0v) is 27.4. The highest BCUT2D eigenvalue weighted by Gasteiger charge is 2.31. The van der Waals surface area contributed by atoms with Crippen LogP contribution in [0.4, 0.5) is 5.69 Å². The van der Waals surface area contributed by atoms with Gasteiger partial charge in [-0.15, -0.1) is 0 Å². The average molecular weight is 640 g/mol. The van der Waals surface area contributed by atoms with Crippen molar-refractivity contribution in [1.82, 2.24) is 9.21 Å². The smallest absolute Gasteiger partial charge is 0.261 e. The molecule has 0 aliphatic carbocycles. The van der Waals surface area contributed by atoms with Crippen LogP contribution in [-0.2, 0) is 24.8 Å². The molecule has 13 heteroatoms. The number of hydrogen-bond donors (Lipinski definition) is 2. The number of hydrogen-bond acceptors (Lipinski definition) is 8. The maximum atomic E-state index is 14.2. The van der Waals surface area contributed by atoms with E-state index >= 15 is 0 Å². The highest BCUT2D eigenvalue weighted by Crippen LogP contribution is 2.29. The molecule has 0 unspecified atom stereocenters. The topological polar surface area (TPSA) is 143 Å². The molecule has 2 N–H and O–H groups in total. The predicted octanol–water partition coefficient (Wildman–Crippen LogP) is 3.48. The van der Waals surface area contributed by atoms with E-state index in [1.54, 1.807) is 31.2 Å². The van der Waals surface area contributed by atoms with E-state index in [1.165, 1.54) is 34.5 Å². The van der Waals surface area contributed by atoms with E-state index in [9.17, 15) is 26.7 Å². The number of nitrogens with one attached hydrogen (secondary N) is 1. The van der Waals surface area contributed by atoms with Crippen LogP contribution in [-0.4, -0.2) is 94.9 Å². The quantitative estimate of drug-likeness (QED) is 0.447. The average Bonchev–Trinajstić information content (AvgIpc) is 2.94. The second kappa shape index (κ2) is 14.8. The van der Waals surface area contributed by atoms with Crippen LogP contribution in [0.2, 0.25) is 0 Å². The molecular weight excluding hydrogens is 594 g/mol. The minimum Gasteiger partial charge on any atom is -0.490 e. The predicted molar refractivity (Wildman–Crippen MR) is 166 cm³/mol. The summed E-state index contributed by atoms with van der Waals surface area (Å²) in [7, 11) is -5.90. The van der Waals surface area contributed by atoms with Crippen LogP contribution in [0, 0.1) is 12.8 Å². The summed E-state index contributed by atoms with van der Waals surface area (Å²) in [5, 5.41) is 10.1. The SMILES string of the molecule is Cc1ccc(S(=O)(=O)Nc2ccc3c(c2)C(=O)N([C@H](C)CO)C[C@@H](C)[C@H](CN(C)S(C)(=O)=O)OCCCC[C@@H](C)O3)cc1. The van der Waals surface area contributed by atoms with Gasteiger partial charge in [-0.3, -0.25) is 9.52 Å². The summed E-state index contributed by atoms with van der Waals surface area (Å²) in [5.41, 5.74) is 1.25. The molecule has 43 heavy (non-hydrogen) atoms. The first-order chi connectivity index (χ1) is 20.1. The van der Waals surface area contributed by atoms with Gasteiger partial charge in [0.1, 0.15) is 5.75 Å². The Morgan fingerprint density at radius 3 is 2.40 bits per heavy atom. The van der Waals surface area contributed by atoms with E-state index in [1.807, 2.05) is 20.8 Å². The standard InChI is InChI=1S/C30H45N3O8S2/c1-21-10-13-26(14-11-21)43(38,39)31-25-12-15-28-27(17-25)30(35)33(23(3)20-34)18-22(2)29(19-32(5)42(6,36)37)40-16-8-7-9-24(4)41-28/h10-15,17,22-24,29,31,34H,7-9,16,18-20H2,1-6H3/t22-,23-,24-,29+/m1/s1. The zero-order chi connectivity index (χ0) is 31.9. The second-order valence-electron chi connectivity index (χ2n) is 11.5. The van der Waals surface area contributed by atoms with Crippen LogP contribution in [0.3, 0.4) is 0 Å². The molecule has 1 aliphatic heterocycles. The second-order valence-corrected chi connectivity index (χ2v) is 15.2. The van der Waals surface area contributed by atoms with E-state index in [4.69, 9.17) is 9.47 Å². The first-order valence-corrected chi connectivity index (χ1v) is 17.8. The van der Waals surface area contributed by atoms with Gasteiger partial charge in [0, 0.05) is 38.3 Å². The number of nitrogens with zero attached hydrogens (tertiary/aromatic N) is 2. The molecule has 0 fully saturated rings. The van der Waals surface area contributed by atoms with Crippen LogP contribution in [0.1, 0.15) is 56.0 Å². The number of benzene rings is 2. The lowest BCUT2D eigenvalue weighted by Crippen LogP contribution is -2.47. The van der Waals surface area contributed by atoms with Crippen molar-refractivity contribution in [2.45, 2.75) is 70.1 Å². The summed E-state index contributed by atoms with van der Waals surface area (Å²) in [6, 6.07) is 10.4. The van der Waals surface area contributed by atoms with Crippen molar-refractivity contribution in [3.8, 4) is 5.75 Å². The maximum Gasteiger partial charge on any atom is 0.261 e. The molecule has 11 nitrogen and oxygen atoms in total. The number of aliphatic hydroxyl groups is 1. The monoisotopic (exact) mass is 639 g/mol. The summed E-state index contributed by atoms with van der Waals surface area (Å²) >= 11 is 0. The van der Waals surface area contributed by atoms with Crippen molar-refractivity contribution in [2.75, 3.05) is 44.3 Å². The van der Waals surface area contributed by atoms with Crippen LogP contribution in [0.25, 0.3) is 0 Å². The first-order valence-electron chi connectivity index (χ1n) is 14.5. The molecule has 2 aromatic carbocycles. The molecular formula is C30H45N3O8S2. The lowest BCUT2D eigenvalue weighted by atomic mass is 10.0. The normalized spacial score (nSPS) is 21.9. The van der Waals surface area contributed by atoms with Crippen LogP contribution >= 0.6 is 0 Å². The Morgan fingerprint density at radius 2 is 1.77 bits per heavy atom. The van der Waals surface area contributed by atoms with Gasteiger partial charge in [0.15, 0.2) is 0 Å². The van der Waals surface area contributed by atoms with Gasteiger partial charge in [0.25, 0.3) is 15.9 Å². The number of sulfonamides is 2. The Labute approximate surface area is 256 Å². The van der Waals surface area contributed by atoms with Gasteiger partial charge >= 0.3 is 0 Å². The lowest BCUT2D eigenvalue weighted by Gasteiger charge is -2.35. The number of likely N-dealkylation sites (N-methyl/N-ethyl adjacent to an activating group) is 1. The van der Waals surface area contributed by atoms with Gasteiger partial charge in [-0.25, -0.2) is 21.1 Å². The van der Waals surface area contributed by atoms with E-state index in [2.05, 4.69) is 4.72 Å². The van der Waals surface area contributed by atoms with Crippen molar-refractivity contribution in [3.05, 3.63) is 53.6 Å². The number of ether oxygens (including phenoxy) is 2. The number of aryl methyl sites for hydroxylation is 1. The van der Waals surface area contributed by atoms with Gasteiger partial charge in [-0.05, 0) is 70.4 Å². The number of carbonyl (C=O) groups is 1. The molecule has 0 saturated carbocycles. The van der Waals surface area contributed by atoms with Crippen molar-refractivity contribution >= 4 is 31.6 Å². The highest BCUT2D eigenvalue weighted by molar-refractivity contribution is 7.92. The molecule has 1 aliphatic rings. The zero-order valence-electron chi connectivity index (χ0n) is 25.8. The van der Waals surface area contributed by atoms with Gasteiger partial charge in [-0.1, -0.05) is 24.6 Å². The Hall–Kier alpha value is -2.71. The Balaban J connectivity index is 2.02. The summed E-state index contributed by atoms with van der Waals surface area (Å²) in [4.78, 5) is 15.8. The van der Waals surface area contributed by atoms with Crippen molar-refractivity contribution in [3.63, 3.8) is 0 Å². The van der Waals surface area contributed by atoms with Crippen LogP contribution in [0.15, 0.2) is 47.4 Å². The number of aliphatic hydroxyl groups excluding tert-OH is 1. The van der Waals surface area contributed by atoms with E-state index in [0.29, 0.717) is 18.8 Å². The molecule has 0 saturated heterocycles. The van der Waals surface area contributed by atoms with Crippen LogP contribution in [0.5, 0.6) is 5.75 Å². The fraction of sp³-hybridized carbons (Fsp3) is 0.567. The van der Waals surface area contributed by atoms with Crippen LogP contribution < -0.4 is 9.46 Å². The third-order valence-corrected chi connectivity index (χ3v) is 10.3. The Kier molecular flexibility index (Phi) is 12.0. The van der Waals surface area contributed by atoms with Gasteiger partial charge < -0.3 is 19.5 Å². The first kappa shape index (κ1) is 34.8. The minimum atomic E-state index is -3.93. The largest absolute Gasteiger partial charge is 0.490 e. The van der Waals surface area contributed by atoms with Gasteiger partial charge in [0.05, 0.1) is 41.6 Å². The number of anilines is 1. The Bertz CT molecular complexity index is 1450. The van der Waals surface area contributed by atoms with E-state index in [0.717, 1.165) is 24.7 Å². The molecule has 0 spiro atoms. The molecule has 240 valence electrons. The lowest BCUT2D eigenvalue weighted by molar-refractivity contribution is -0.00828. The van der Waals surface area contributed by atoms with Gasteiger partial charge in [-0.2, -0.15) is 0 Å². The minimum absolute atomic E-state index is 0.0869. The van der Waals surface area contributed by atoms with Crippen molar-refractivity contribution in [1.29, 1.82) is 0 Å². The molecule has 0 aromatic heterocycles. The molecule has 1 amide bonds. The fourth-order valence-electron chi connectivity index (χ4n) is 4.77. The summed E-state index contributed by atoms with van der Waals surface area (Å²) in [6.07, 6.45) is 2.58. The van der Waals surface area contributed by atoms with Gasteiger partial charge in [0.2, 0.25) is 10.0 Å². The fourth-order valence-corrected chi connectivity index (χ4v) is 6.24. The molecule has 0 bridgehead atoms. The maximum absolute atomic E-state index is 14.2. The summed E-state index contributed by atoms with van der Waals surface area (Å²) in [5.74, 6) is -0.462. The van der Waals surface area contributed by atoms with E-state index < -0.39 is 38.1 Å². The molecule has 2 aromatic rings. The number of carbonyl (C=O) groups excluding carboxylic acids is 1. The molecule has 0 radical (unpaired) electrons. The number of amides is 1.